The zero-order valence-electron chi connectivity index (χ0n) is 16.4. The first kappa shape index (κ1) is 21.6. The topological polar surface area (TPSA) is 104 Å². The van der Waals surface area contributed by atoms with Crippen molar-refractivity contribution in [3.63, 3.8) is 0 Å². The van der Waals surface area contributed by atoms with Gasteiger partial charge in [-0.05, 0) is 49.1 Å². The van der Waals surface area contributed by atoms with Gasteiger partial charge in [-0.2, -0.15) is 0 Å². The van der Waals surface area contributed by atoms with Crippen molar-refractivity contribution >= 4 is 46.2 Å². The molecule has 3 N–H and O–H groups in total. The average molecular weight is 463 g/mol. The molecule has 1 aromatic carbocycles. The Morgan fingerprint density at radius 1 is 1.23 bits per heavy atom. The fourth-order valence-corrected chi connectivity index (χ4v) is 5.50. The van der Waals surface area contributed by atoms with E-state index < -0.39 is 23.4 Å². The molecule has 1 aromatic heterocycles. The Kier molecular flexibility index (Phi) is 6.15. The Morgan fingerprint density at radius 2 is 2.06 bits per heavy atom. The molecule has 2 unspecified atom stereocenters. The molecule has 0 spiro atoms. The molecule has 2 aliphatic rings. The molecule has 31 heavy (non-hydrogen) atoms. The summed E-state index contributed by atoms with van der Waals surface area (Å²) >= 11 is 7.15. The summed E-state index contributed by atoms with van der Waals surface area (Å²) in [6, 6.07) is 7.46. The predicted molar refractivity (Wildman–Crippen MR) is 118 cm³/mol. The third kappa shape index (κ3) is 4.52. The molecule has 1 aliphatic heterocycles. The van der Waals surface area contributed by atoms with E-state index in [9.17, 15) is 9.59 Å². The first-order chi connectivity index (χ1) is 14.9. The SMILES string of the molecule is O=C(O)NC1=NC2(c3cc(NC(=O)c4ccc(Cl)cn4)ccc3F)CCCCC2CS1. The van der Waals surface area contributed by atoms with Gasteiger partial charge < -0.3 is 10.4 Å². The van der Waals surface area contributed by atoms with Crippen molar-refractivity contribution in [3.8, 4) is 0 Å². The van der Waals surface area contributed by atoms with Gasteiger partial charge in [-0.15, -0.1) is 0 Å². The average Bonchev–Trinajstić information content (AvgIpc) is 2.75. The molecule has 2 atom stereocenters. The standard InChI is InChI=1S/C21H20ClFN4O3S/c22-13-4-7-17(24-10-13)18(28)25-14-5-6-16(23)15(9-14)21-8-2-1-3-12(21)11-31-19(27-21)26-20(29)30/h4-7,9-10,12H,1-3,8,11H2,(H,25,28)(H,26,27)(H,29,30). The summed E-state index contributed by atoms with van der Waals surface area (Å²) < 4.78 is 15.1. The smallest absolute Gasteiger partial charge is 0.410 e. The summed E-state index contributed by atoms with van der Waals surface area (Å²) in [5.74, 6) is -0.157. The maximum Gasteiger partial charge on any atom is 0.410 e. The van der Waals surface area contributed by atoms with Crippen molar-refractivity contribution in [1.29, 1.82) is 0 Å². The van der Waals surface area contributed by atoms with Crippen molar-refractivity contribution in [1.82, 2.24) is 10.3 Å². The van der Waals surface area contributed by atoms with Crippen LogP contribution in [0.4, 0.5) is 14.9 Å². The quantitative estimate of drug-likeness (QED) is 0.603. The number of anilines is 1. The molecular formula is C21H20ClFN4O3S. The first-order valence-electron chi connectivity index (χ1n) is 9.83. The number of thioether (sulfide) groups is 1. The summed E-state index contributed by atoms with van der Waals surface area (Å²) in [5, 5.41) is 14.9. The molecule has 0 bridgehead atoms. The van der Waals surface area contributed by atoms with E-state index in [1.807, 2.05) is 0 Å². The number of amides is 2. The highest BCUT2D eigenvalue weighted by atomic mass is 35.5. The van der Waals surface area contributed by atoms with E-state index in [0.29, 0.717) is 28.4 Å². The van der Waals surface area contributed by atoms with E-state index in [1.54, 1.807) is 12.1 Å². The monoisotopic (exact) mass is 462 g/mol. The number of rotatable bonds is 3. The van der Waals surface area contributed by atoms with Crippen LogP contribution in [0.5, 0.6) is 0 Å². The molecule has 1 saturated carbocycles. The van der Waals surface area contributed by atoms with Gasteiger partial charge in [0.15, 0.2) is 5.17 Å². The van der Waals surface area contributed by atoms with E-state index in [-0.39, 0.29) is 16.8 Å². The number of halogens is 2. The Hall–Kier alpha value is -2.65. The minimum absolute atomic E-state index is 0.0731. The molecule has 1 fully saturated rings. The van der Waals surface area contributed by atoms with Gasteiger partial charge in [0.25, 0.3) is 5.91 Å². The van der Waals surface area contributed by atoms with Crippen LogP contribution in [0.25, 0.3) is 0 Å². The van der Waals surface area contributed by atoms with Gasteiger partial charge in [-0.25, -0.2) is 14.2 Å². The number of aromatic nitrogens is 1. The highest BCUT2D eigenvalue weighted by Gasteiger charge is 2.46. The second-order valence-electron chi connectivity index (χ2n) is 7.54. The van der Waals surface area contributed by atoms with Crippen LogP contribution in [0.15, 0.2) is 41.5 Å². The number of hydrogen-bond acceptors (Lipinski definition) is 5. The van der Waals surface area contributed by atoms with Crippen molar-refractivity contribution in [2.75, 3.05) is 11.1 Å². The molecule has 162 valence electrons. The van der Waals surface area contributed by atoms with Crippen LogP contribution in [0.3, 0.4) is 0 Å². The third-order valence-corrected chi connectivity index (χ3v) is 6.88. The summed E-state index contributed by atoms with van der Waals surface area (Å²) in [6.07, 6.45) is 3.54. The Bertz CT molecular complexity index is 1050. The van der Waals surface area contributed by atoms with Crippen molar-refractivity contribution < 1.29 is 19.1 Å². The van der Waals surface area contributed by atoms with Crippen LogP contribution in [0.2, 0.25) is 5.02 Å². The van der Waals surface area contributed by atoms with Crippen LogP contribution < -0.4 is 10.6 Å². The number of aliphatic imine (C=N–C) groups is 1. The maximum atomic E-state index is 15.1. The van der Waals surface area contributed by atoms with Gasteiger partial charge >= 0.3 is 6.09 Å². The van der Waals surface area contributed by atoms with Gasteiger partial charge in [0, 0.05) is 23.2 Å². The Morgan fingerprint density at radius 3 is 2.81 bits per heavy atom. The number of amidine groups is 1. The molecule has 2 heterocycles. The lowest BCUT2D eigenvalue weighted by Gasteiger charge is -2.44. The van der Waals surface area contributed by atoms with Crippen molar-refractivity contribution in [3.05, 3.63) is 58.6 Å². The predicted octanol–water partition coefficient (Wildman–Crippen LogP) is 4.88. The summed E-state index contributed by atoms with van der Waals surface area (Å²) in [5.41, 5.74) is 0.0936. The van der Waals surface area contributed by atoms with E-state index in [4.69, 9.17) is 21.7 Å². The largest absolute Gasteiger partial charge is 0.465 e. The number of nitrogens with one attached hydrogen (secondary N) is 2. The lowest BCUT2D eigenvalue weighted by atomic mass is 9.69. The normalized spacial score (nSPS) is 22.8. The van der Waals surface area contributed by atoms with Crippen molar-refractivity contribution in [2.45, 2.75) is 31.2 Å². The molecule has 7 nitrogen and oxygen atoms in total. The number of fused-ring (bicyclic) bond motifs is 1. The van der Waals surface area contributed by atoms with E-state index >= 15 is 4.39 Å². The summed E-state index contributed by atoms with van der Waals surface area (Å²) in [6.45, 7) is 0. The highest BCUT2D eigenvalue weighted by Crippen LogP contribution is 2.50. The minimum atomic E-state index is -1.20. The summed E-state index contributed by atoms with van der Waals surface area (Å²) in [4.78, 5) is 32.4. The molecule has 4 rings (SSSR count). The van der Waals surface area contributed by atoms with Crippen LogP contribution in [-0.2, 0) is 5.54 Å². The van der Waals surface area contributed by atoms with Gasteiger partial charge in [0.05, 0.1) is 10.6 Å². The molecule has 2 aromatic rings. The van der Waals surface area contributed by atoms with Gasteiger partial charge in [0.1, 0.15) is 11.5 Å². The molecule has 1 aliphatic carbocycles. The summed E-state index contributed by atoms with van der Waals surface area (Å²) in [7, 11) is 0. The Balaban J connectivity index is 1.69. The lowest BCUT2D eigenvalue weighted by Crippen LogP contribution is -2.44. The molecule has 2 amide bonds. The van der Waals surface area contributed by atoms with Crippen LogP contribution in [0.1, 0.15) is 41.7 Å². The number of carboxylic acid groups (broad SMARTS) is 1. The van der Waals surface area contributed by atoms with E-state index in [1.165, 1.54) is 36.2 Å². The Labute approximate surface area is 187 Å². The van der Waals surface area contributed by atoms with Crippen LogP contribution in [-0.4, -0.2) is 33.0 Å². The van der Waals surface area contributed by atoms with Gasteiger partial charge in [0.2, 0.25) is 0 Å². The zero-order valence-corrected chi connectivity index (χ0v) is 18.0. The van der Waals surface area contributed by atoms with Gasteiger partial charge in [-0.3, -0.25) is 15.1 Å². The molecule has 0 saturated heterocycles. The first-order valence-corrected chi connectivity index (χ1v) is 11.2. The van der Waals surface area contributed by atoms with Crippen LogP contribution in [0, 0.1) is 11.7 Å². The van der Waals surface area contributed by atoms with E-state index in [2.05, 4.69) is 15.6 Å². The molecular weight excluding hydrogens is 443 g/mol. The van der Waals surface area contributed by atoms with Crippen LogP contribution >= 0.6 is 23.4 Å². The van der Waals surface area contributed by atoms with Gasteiger partial charge in [-0.1, -0.05) is 36.2 Å². The zero-order chi connectivity index (χ0) is 22.0. The van der Waals surface area contributed by atoms with Crippen molar-refractivity contribution in [2.24, 2.45) is 10.9 Å². The lowest BCUT2D eigenvalue weighted by molar-refractivity contribution is 0.102. The number of benzene rings is 1. The number of hydrogen-bond donors (Lipinski definition) is 3. The minimum Gasteiger partial charge on any atom is -0.465 e. The second kappa shape index (κ2) is 8.84. The fraction of sp³-hybridized carbons (Fsp3) is 0.333. The highest BCUT2D eigenvalue weighted by molar-refractivity contribution is 8.13. The number of carbonyl (C=O) groups excluding carboxylic acids is 1. The van der Waals surface area contributed by atoms with E-state index in [0.717, 1.165) is 19.3 Å². The number of nitrogens with zero attached hydrogens (tertiary/aromatic N) is 2. The number of carbonyl (C=O) groups is 2. The maximum absolute atomic E-state index is 15.1. The second-order valence-corrected chi connectivity index (χ2v) is 8.98. The molecule has 0 radical (unpaired) electrons. The molecule has 10 heteroatoms. The fourth-order valence-electron chi connectivity index (χ4n) is 4.20. The third-order valence-electron chi connectivity index (χ3n) is 5.62. The number of pyridine rings is 1.